The normalized spacial score (nSPS) is 18.2. The molecule has 0 aliphatic carbocycles. The van der Waals surface area contributed by atoms with Crippen molar-refractivity contribution in [2.24, 2.45) is 0 Å². The number of aliphatic carboxylic acids is 1. The molecular formula is C38H36F5N3O5. The maximum Gasteiger partial charge on any atom is 0.416 e. The van der Waals surface area contributed by atoms with E-state index in [0.717, 1.165) is 16.3 Å². The monoisotopic (exact) mass is 709 g/mol. The molecule has 2 aliphatic heterocycles. The summed E-state index contributed by atoms with van der Waals surface area (Å²) < 4.78 is 79.3. The first-order valence-corrected chi connectivity index (χ1v) is 16.4. The summed E-state index contributed by atoms with van der Waals surface area (Å²) in [6.45, 7) is 5.27. The molecule has 13 heteroatoms. The highest BCUT2D eigenvalue weighted by Gasteiger charge is 2.37. The number of aromatic nitrogens is 1. The molecule has 1 fully saturated rings. The number of fused-ring (bicyclic) bond motifs is 6. The van der Waals surface area contributed by atoms with Crippen molar-refractivity contribution < 1.29 is 41.4 Å². The Morgan fingerprint density at radius 2 is 1.73 bits per heavy atom. The summed E-state index contributed by atoms with van der Waals surface area (Å²) in [5, 5.41) is 12.5. The Hall–Kier alpha value is -5.04. The van der Waals surface area contributed by atoms with Crippen LogP contribution in [0.1, 0.15) is 63.0 Å². The lowest BCUT2D eigenvalue weighted by molar-refractivity contribution is -0.139. The lowest BCUT2D eigenvalue weighted by Crippen LogP contribution is -2.49. The maximum atomic E-state index is 16.0. The highest BCUT2D eigenvalue weighted by atomic mass is 19.4. The van der Waals surface area contributed by atoms with Crippen molar-refractivity contribution in [3.63, 3.8) is 0 Å². The van der Waals surface area contributed by atoms with Crippen LogP contribution in [0.4, 0.5) is 22.0 Å². The van der Waals surface area contributed by atoms with Gasteiger partial charge in [0.2, 0.25) is 5.91 Å². The summed E-state index contributed by atoms with van der Waals surface area (Å²) in [5.41, 5.74) is 0.752. The van der Waals surface area contributed by atoms with Crippen molar-refractivity contribution in [1.29, 1.82) is 0 Å². The number of alkyl halides is 4. The summed E-state index contributed by atoms with van der Waals surface area (Å²) in [6.07, 6.45) is -5.91. The highest BCUT2D eigenvalue weighted by molar-refractivity contribution is 5.85. The third kappa shape index (κ3) is 7.39. The smallest absolute Gasteiger partial charge is 0.416 e. The molecule has 3 heterocycles. The van der Waals surface area contributed by atoms with Crippen LogP contribution in [0, 0.1) is 26.6 Å². The molecule has 0 saturated carbocycles. The molecule has 2 N–H and O–H groups in total. The van der Waals surface area contributed by atoms with E-state index in [4.69, 9.17) is 4.74 Å². The van der Waals surface area contributed by atoms with Crippen LogP contribution in [-0.2, 0) is 28.8 Å². The molecule has 0 unspecified atom stereocenters. The van der Waals surface area contributed by atoms with E-state index in [9.17, 15) is 37.1 Å². The largest absolute Gasteiger partial charge is 0.488 e. The number of nitrogens with one attached hydrogen (secondary N) is 1. The SMILES string of the molecule is Cc1ccc2cc1[C@H](n1cc(CCN3CC(F)C3)c(C(F)(F)F)cc1=O)C(=O)N[C@H](CC(=O)O)c1cc(cc(C)c1F)-c1c(C)cccc1OC2. The van der Waals surface area contributed by atoms with Gasteiger partial charge in [-0.2, -0.15) is 13.2 Å². The topological polar surface area (TPSA) is 101 Å². The van der Waals surface area contributed by atoms with Crippen molar-refractivity contribution in [2.75, 3.05) is 19.6 Å². The standard InChI is InChI=1S/C38H36F5N3O5/c1-20-7-8-23-12-27(20)36(46-16-24(9-10-45-17-26(39)18-45)29(14-32(46)47)38(41,42)43)37(50)44-30(15-33(48)49)28-13-25(11-22(3)35(28)40)34-21(2)5-4-6-31(34)51-19-23/h4-8,11-14,16,26,30,36H,9-10,15,17-19H2,1-3H3,(H,44,50)(H,48,49)/t30-,36+/m1/s1. The van der Waals surface area contributed by atoms with Crippen LogP contribution >= 0.6 is 0 Å². The molecule has 6 rings (SSSR count). The Morgan fingerprint density at radius 1 is 0.980 bits per heavy atom. The number of aryl methyl sites for hydroxylation is 3. The minimum atomic E-state index is -4.90. The lowest BCUT2D eigenvalue weighted by Gasteiger charge is -2.34. The Balaban J connectivity index is 1.56. The number of pyridine rings is 1. The summed E-state index contributed by atoms with van der Waals surface area (Å²) >= 11 is 0. The Labute approximate surface area is 290 Å². The van der Waals surface area contributed by atoms with Crippen molar-refractivity contribution >= 4 is 11.9 Å². The fraction of sp³-hybridized carbons (Fsp3) is 0.342. The van der Waals surface area contributed by atoms with Crippen molar-refractivity contribution in [3.05, 3.63) is 121 Å². The number of ether oxygens (including phenoxy) is 1. The predicted octanol–water partition coefficient (Wildman–Crippen LogP) is 6.61. The first-order valence-electron chi connectivity index (χ1n) is 16.4. The average molecular weight is 710 g/mol. The molecule has 1 saturated heterocycles. The first kappa shape index (κ1) is 35.8. The number of benzene rings is 3. The molecular weight excluding hydrogens is 673 g/mol. The number of amides is 1. The van der Waals surface area contributed by atoms with E-state index in [2.05, 4.69) is 5.32 Å². The minimum Gasteiger partial charge on any atom is -0.488 e. The quantitative estimate of drug-likeness (QED) is 0.219. The molecule has 4 aromatic rings. The number of rotatable bonds is 6. The van der Waals surface area contributed by atoms with E-state index in [1.54, 1.807) is 48.2 Å². The van der Waals surface area contributed by atoms with Crippen LogP contribution in [-0.4, -0.2) is 52.3 Å². The molecule has 0 spiro atoms. The fourth-order valence-electron chi connectivity index (χ4n) is 6.87. The van der Waals surface area contributed by atoms with Crippen LogP contribution in [0.5, 0.6) is 5.75 Å². The van der Waals surface area contributed by atoms with Gasteiger partial charge in [0.1, 0.15) is 30.4 Å². The summed E-state index contributed by atoms with van der Waals surface area (Å²) in [7, 11) is 0. The zero-order chi connectivity index (χ0) is 36.8. The van der Waals surface area contributed by atoms with E-state index >= 15 is 4.39 Å². The number of carbonyl (C=O) groups is 2. The lowest BCUT2D eigenvalue weighted by atomic mass is 9.91. The number of likely N-dealkylation sites (tertiary alicyclic amines) is 1. The number of carbonyl (C=O) groups excluding carboxylic acids is 1. The molecule has 8 nitrogen and oxygen atoms in total. The van der Waals surface area contributed by atoms with Gasteiger partial charge in [-0.1, -0.05) is 24.3 Å². The minimum absolute atomic E-state index is 0.00526. The van der Waals surface area contributed by atoms with Gasteiger partial charge in [0.05, 0.1) is 18.0 Å². The zero-order valence-electron chi connectivity index (χ0n) is 28.1. The first-order chi connectivity index (χ1) is 24.1. The van der Waals surface area contributed by atoms with Crippen molar-refractivity contribution in [2.45, 2.75) is 64.7 Å². The van der Waals surface area contributed by atoms with E-state index in [1.807, 2.05) is 13.0 Å². The molecule has 4 bridgehead atoms. The fourth-order valence-corrected chi connectivity index (χ4v) is 6.87. The summed E-state index contributed by atoms with van der Waals surface area (Å²) in [6, 6.07) is 10.9. The maximum absolute atomic E-state index is 16.0. The van der Waals surface area contributed by atoms with Gasteiger partial charge < -0.3 is 15.2 Å². The molecule has 2 atom stereocenters. The summed E-state index contributed by atoms with van der Waals surface area (Å²) in [4.78, 5) is 41.9. The number of carboxylic acids is 1. The van der Waals surface area contributed by atoms with E-state index in [0.29, 0.717) is 34.1 Å². The zero-order valence-corrected chi connectivity index (χ0v) is 28.1. The van der Waals surface area contributed by atoms with Gasteiger partial charge >= 0.3 is 12.1 Å². The Bertz CT molecular complexity index is 2070. The van der Waals surface area contributed by atoms with Gasteiger partial charge in [-0.15, -0.1) is 0 Å². The second kappa shape index (κ2) is 13.9. The van der Waals surface area contributed by atoms with E-state index in [-0.39, 0.29) is 54.9 Å². The van der Waals surface area contributed by atoms with Gasteiger partial charge in [0.25, 0.3) is 5.56 Å². The molecule has 1 aromatic heterocycles. The Kier molecular flexibility index (Phi) is 9.78. The van der Waals surface area contributed by atoms with Crippen LogP contribution in [0.3, 0.4) is 0 Å². The second-order valence-corrected chi connectivity index (χ2v) is 13.2. The third-order valence-electron chi connectivity index (χ3n) is 9.51. The number of hydrogen-bond acceptors (Lipinski definition) is 5. The number of carboxylic acid groups (broad SMARTS) is 1. The van der Waals surface area contributed by atoms with Crippen molar-refractivity contribution in [3.8, 4) is 16.9 Å². The van der Waals surface area contributed by atoms with Gasteiger partial charge in [-0.3, -0.25) is 23.9 Å². The van der Waals surface area contributed by atoms with Gasteiger partial charge in [-0.25, -0.2) is 8.78 Å². The molecule has 0 radical (unpaired) electrons. The van der Waals surface area contributed by atoms with Crippen LogP contribution in [0.2, 0.25) is 0 Å². The van der Waals surface area contributed by atoms with Crippen LogP contribution in [0.25, 0.3) is 11.1 Å². The molecule has 1 amide bonds. The highest BCUT2D eigenvalue weighted by Crippen LogP contribution is 2.39. The van der Waals surface area contributed by atoms with Gasteiger partial charge in [0.15, 0.2) is 0 Å². The van der Waals surface area contributed by atoms with Crippen molar-refractivity contribution in [1.82, 2.24) is 14.8 Å². The van der Waals surface area contributed by atoms with Crippen LogP contribution < -0.4 is 15.6 Å². The van der Waals surface area contributed by atoms with Crippen LogP contribution in [0.15, 0.2) is 65.6 Å². The number of hydrogen-bond donors (Lipinski definition) is 2. The average Bonchev–Trinajstić information content (AvgIpc) is 3.03. The second-order valence-electron chi connectivity index (χ2n) is 13.2. The van der Waals surface area contributed by atoms with E-state index < -0.39 is 59.7 Å². The number of halogens is 5. The predicted molar refractivity (Wildman–Crippen MR) is 179 cm³/mol. The number of nitrogens with zero attached hydrogens (tertiary/aromatic N) is 2. The third-order valence-corrected chi connectivity index (χ3v) is 9.51. The van der Waals surface area contributed by atoms with E-state index in [1.165, 1.54) is 13.0 Å². The molecule has 2 aliphatic rings. The molecule has 51 heavy (non-hydrogen) atoms. The van der Waals surface area contributed by atoms with Gasteiger partial charge in [-0.05, 0) is 90.4 Å². The van der Waals surface area contributed by atoms with Gasteiger partial charge in [0, 0.05) is 43.0 Å². The molecule has 268 valence electrons. The molecule has 3 aromatic carbocycles. The summed E-state index contributed by atoms with van der Waals surface area (Å²) in [5.74, 6) is -2.58. The Morgan fingerprint density at radius 3 is 2.41 bits per heavy atom.